The van der Waals surface area contributed by atoms with Gasteiger partial charge in [0.05, 0.1) is 10.6 Å². The Morgan fingerprint density at radius 3 is 2.67 bits per heavy atom. The second-order valence-corrected chi connectivity index (χ2v) is 4.13. The standard InChI is InChI=1S/C12H15ClN2O3/c1-3-15(2)11(16)7-18-12(17)9-5-4-8(14)6-10(9)13/h4-6H,3,7,14H2,1-2H3. The zero-order valence-corrected chi connectivity index (χ0v) is 11.0. The molecule has 1 amide bonds. The molecule has 5 nitrogen and oxygen atoms in total. The highest BCUT2D eigenvalue weighted by atomic mass is 35.5. The molecule has 0 aliphatic rings. The largest absolute Gasteiger partial charge is 0.452 e. The summed E-state index contributed by atoms with van der Waals surface area (Å²) in [6.07, 6.45) is 0. The van der Waals surface area contributed by atoms with E-state index in [1.807, 2.05) is 6.92 Å². The average molecular weight is 271 g/mol. The minimum Gasteiger partial charge on any atom is -0.452 e. The maximum atomic E-state index is 11.7. The molecule has 2 N–H and O–H groups in total. The van der Waals surface area contributed by atoms with Crippen LogP contribution in [0.1, 0.15) is 17.3 Å². The summed E-state index contributed by atoms with van der Waals surface area (Å²) < 4.78 is 4.88. The van der Waals surface area contributed by atoms with Gasteiger partial charge in [-0.25, -0.2) is 4.79 Å². The summed E-state index contributed by atoms with van der Waals surface area (Å²) in [6, 6.07) is 4.47. The Kier molecular flexibility index (Phi) is 4.97. The molecule has 1 aromatic rings. The first kappa shape index (κ1) is 14.3. The van der Waals surface area contributed by atoms with Gasteiger partial charge >= 0.3 is 5.97 Å². The molecule has 98 valence electrons. The molecule has 1 rings (SSSR count). The monoisotopic (exact) mass is 270 g/mol. The lowest BCUT2D eigenvalue weighted by atomic mass is 10.2. The number of halogens is 1. The van der Waals surface area contributed by atoms with Gasteiger partial charge in [-0.05, 0) is 25.1 Å². The van der Waals surface area contributed by atoms with Crippen LogP contribution in [0.4, 0.5) is 5.69 Å². The number of nitrogen functional groups attached to an aromatic ring is 1. The molecular formula is C12H15ClN2O3. The molecule has 0 atom stereocenters. The summed E-state index contributed by atoms with van der Waals surface area (Å²) in [5.41, 5.74) is 6.16. The predicted molar refractivity (Wildman–Crippen MR) is 69.5 cm³/mol. The van der Waals surface area contributed by atoms with E-state index in [2.05, 4.69) is 0 Å². The Balaban J connectivity index is 2.63. The molecule has 0 aromatic heterocycles. The van der Waals surface area contributed by atoms with E-state index in [1.165, 1.54) is 17.0 Å². The van der Waals surface area contributed by atoms with E-state index in [1.54, 1.807) is 13.1 Å². The van der Waals surface area contributed by atoms with Gasteiger partial charge in [-0.2, -0.15) is 0 Å². The molecule has 6 heteroatoms. The number of carbonyl (C=O) groups is 2. The van der Waals surface area contributed by atoms with Crippen molar-refractivity contribution in [2.24, 2.45) is 0 Å². The van der Waals surface area contributed by atoms with Crippen molar-refractivity contribution in [3.8, 4) is 0 Å². The average Bonchev–Trinajstić information content (AvgIpc) is 2.34. The number of nitrogens with two attached hydrogens (primary N) is 1. The van der Waals surface area contributed by atoms with Crippen molar-refractivity contribution in [1.29, 1.82) is 0 Å². The fourth-order valence-corrected chi connectivity index (χ4v) is 1.45. The number of nitrogens with zero attached hydrogens (tertiary/aromatic N) is 1. The second-order valence-electron chi connectivity index (χ2n) is 3.72. The maximum Gasteiger partial charge on any atom is 0.340 e. The highest BCUT2D eigenvalue weighted by Gasteiger charge is 2.15. The number of hydrogen-bond donors (Lipinski definition) is 1. The van der Waals surface area contributed by atoms with E-state index in [-0.39, 0.29) is 23.1 Å². The van der Waals surface area contributed by atoms with Gasteiger partial charge in [0.1, 0.15) is 0 Å². The third-order valence-electron chi connectivity index (χ3n) is 2.44. The maximum absolute atomic E-state index is 11.7. The molecule has 0 heterocycles. The number of amides is 1. The summed E-state index contributed by atoms with van der Waals surface area (Å²) in [7, 11) is 1.63. The molecule has 0 aliphatic heterocycles. The Hall–Kier alpha value is -1.75. The third kappa shape index (κ3) is 3.63. The highest BCUT2D eigenvalue weighted by molar-refractivity contribution is 6.33. The van der Waals surface area contributed by atoms with Crippen LogP contribution in [0.3, 0.4) is 0 Å². The van der Waals surface area contributed by atoms with E-state index in [4.69, 9.17) is 22.1 Å². The highest BCUT2D eigenvalue weighted by Crippen LogP contribution is 2.19. The molecule has 0 saturated heterocycles. The molecule has 0 bridgehead atoms. The molecule has 0 fully saturated rings. The first-order valence-corrected chi connectivity index (χ1v) is 5.79. The van der Waals surface area contributed by atoms with Crippen molar-refractivity contribution in [1.82, 2.24) is 4.90 Å². The number of likely N-dealkylation sites (N-methyl/N-ethyl adjacent to an activating group) is 1. The van der Waals surface area contributed by atoms with Gasteiger partial charge in [0.15, 0.2) is 6.61 Å². The Labute approximate surface area is 110 Å². The van der Waals surface area contributed by atoms with E-state index in [0.29, 0.717) is 12.2 Å². The predicted octanol–water partition coefficient (Wildman–Crippen LogP) is 1.56. The van der Waals surface area contributed by atoms with Crippen LogP contribution in [-0.2, 0) is 9.53 Å². The zero-order chi connectivity index (χ0) is 13.7. The number of anilines is 1. The summed E-state index contributed by atoms with van der Waals surface area (Å²) in [5.74, 6) is -0.907. The summed E-state index contributed by atoms with van der Waals surface area (Å²) >= 11 is 5.85. The number of rotatable bonds is 4. The smallest absolute Gasteiger partial charge is 0.340 e. The minimum absolute atomic E-state index is 0.192. The molecule has 0 unspecified atom stereocenters. The lowest BCUT2D eigenvalue weighted by Crippen LogP contribution is -2.30. The number of ether oxygens (including phenoxy) is 1. The molecular weight excluding hydrogens is 256 g/mol. The zero-order valence-electron chi connectivity index (χ0n) is 10.3. The van der Waals surface area contributed by atoms with Gasteiger partial charge in [-0.15, -0.1) is 0 Å². The molecule has 0 radical (unpaired) electrons. The Bertz CT molecular complexity index is 463. The van der Waals surface area contributed by atoms with E-state index in [9.17, 15) is 9.59 Å². The van der Waals surface area contributed by atoms with Crippen LogP contribution in [0, 0.1) is 0 Å². The van der Waals surface area contributed by atoms with Crippen LogP contribution in [-0.4, -0.2) is 37.0 Å². The van der Waals surface area contributed by atoms with Crippen LogP contribution < -0.4 is 5.73 Å². The molecule has 0 aliphatic carbocycles. The van der Waals surface area contributed by atoms with Crippen molar-refractivity contribution >= 4 is 29.2 Å². The fraction of sp³-hybridized carbons (Fsp3) is 0.333. The SMILES string of the molecule is CCN(C)C(=O)COC(=O)c1ccc(N)cc1Cl. The molecule has 0 saturated carbocycles. The van der Waals surface area contributed by atoms with E-state index >= 15 is 0 Å². The first-order chi connectivity index (χ1) is 8.45. The van der Waals surface area contributed by atoms with Gasteiger partial charge in [0.25, 0.3) is 5.91 Å². The van der Waals surface area contributed by atoms with Gasteiger partial charge in [-0.1, -0.05) is 11.6 Å². The van der Waals surface area contributed by atoms with Crippen LogP contribution in [0.5, 0.6) is 0 Å². The topological polar surface area (TPSA) is 72.6 Å². The van der Waals surface area contributed by atoms with Crippen molar-refractivity contribution in [2.45, 2.75) is 6.92 Å². The normalized spacial score (nSPS) is 9.94. The third-order valence-corrected chi connectivity index (χ3v) is 2.75. The molecule has 1 aromatic carbocycles. The van der Waals surface area contributed by atoms with E-state index < -0.39 is 5.97 Å². The van der Waals surface area contributed by atoms with Crippen LogP contribution in [0.2, 0.25) is 5.02 Å². The number of carbonyl (C=O) groups excluding carboxylic acids is 2. The van der Waals surface area contributed by atoms with Crippen LogP contribution in [0.25, 0.3) is 0 Å². The molecule has 0 spiro atoms. The second kappa shape index (κ2) is 6.26. The summed E-state index contributed by atoms with van der Waals surface area (Å²) in [5, 5.41) is 0.205. The van der Waals surface area contributed by atoms with Gasteiger partial charge < -0.3 is 15.4 Å². The van der Waals surface area contributed by atoms with Gasteiger partial charge in [0.2, 0.25) is 0 Å². The van der Waals surface area contributed by atoms with E-state index in [0.717, 1.165) is 0 Å². The quantitative estimate of drug-likeness (QED) is 0.666. The van der Waals surface area contributed by atoms with Crippen molar-refractivity contribution in [3.05, 3.63) is 28.8 Å². The Morgan fingerprint density at radius 2 is 2.11 bits per heavy atom. The molecule has 18 heavy (non-hydrogen) atoms. The lowest BCUT2D eigenvalue weighted by molar-refractivity contribution is -0.133. The summed E-state index contributed by atoms with van der Waals surface area (Å²) in [4.78, 5) is 24.6. The minimum atomic E-state index is -0.641. The van der Waals surface area contributed by atoms with Crippen molar-refractivity contribution in [3.63, 3.8) is 0 Å². The summed E-state index contributed by atoms with van der Waals surface area (Å²) in [6.45, 7) is 2.08. The van der Waals surface area contributed by atoms with Gasteiger partial charge in [0, 0.05) is 19.3 Å². The van der Waals surface area contributed by atoms with Crippen molar-refractivity contribution in [2.75, 3.05) is 25.9 Å². The number of hydrogen-bond acceptors (Lipinski definition) is 4. The van der Waals surface area contributed by atoms with Crippen molar-refractivity contribution < 1.29 is 14.3 Å². The van der Waals surface area contributed by atoms with Crippen LogP contribution >= 0.6 is 11.6 Å². The first-order valence-electron chi connectivity index (χ1n) is 5.41. The van der Waals surface area contributed by atoms with Gasteiger partial charge in [-0.3, -0.25) is 4.79 Å². The van der Waals surface area contributed by atoms with Crippen LogP contribution in [0.15, 0.2) is 18.2 Å². The Morgan fingerprint density at radius 1 is 1.44 bits per heavy atom. The lowest BCUT2D eigenvalue weighted by Gasteiger charge is -2.14. The fourth-order valence-electron chi connectivity index (χ4n) is 1.19. The number of benzene rings is 1. The number of esters is 1.